The van der Waals surface area contributed by atoms with Crippen molar-refractivity contribution in [3.63, 3.8) is 0 Å². The molecule has 0 saturated heterocycles. The molecule has 1 aliphatic rings. The highest BCUT2D eigenvalue weighted by molar-refractivity contribution is 9.09. The fraction of sp³-hybridized carbons (Fsp3) is 0.533. The van der Waals surface area contributed by atoms with E-state index in [1.54, 1.807) is 14.0 Å². The molecule has 0 radical (unpaired) electrons. The summed E-state index contributed by atoms with van der Waals surface area (Å²) in [5, 5.41) is 0. The van der Waals surface area contributed by atoms with Gasteiger partial charge in [0.1, 0.15) is 10.6 Å². The zero-order valence-corrected chi connectivity index (χ0v) is 12.9. The Bertz CT molecular complexity index is 455. The van der Waals surface area contributed by atoms with Crippen LogP contribution in [0.25, 0.3) is 0 Å². The highest BCUT2D eigenvalue weighted by Gasteiger charge is 2.25. The summed E-state index contributed by atoms with van der Waals surface area (Å²) in [4.78, 5) is 11.4. The summed E-state index contributed by atoms with van der Waals surface area (Å²) in [6.45, 7) is 2.18. The molecule has 1 fully saturated rings. The van der Waals surface area contributed by atoms with Gasteiger partial charge in [0.2, 0.25) is 0 Å². The lowest BCUT2D eigenvalue weighted by molar-refractivity contribution is -0.142. The molecule has 0 heterocycles. The van der Waals surface area contributed by atoms with E-state index in [9.17, 15) is 4.79 Å². The van der Waals surface area contributed by atoms with Crippen molar-refractivity contribution in [3.8, 4) is 5.75 Å². The van der Waals surface area contributed by atoms with Gasteiger partial charge in [0.05, 0.1) is 13.7 Å². The van der Waals surface area contributed by atoms with Gasteiger partial charge in [-0.1, -0.05) is 28.1 Å². The van der Waals surface area contributed by atoms with Crippen LogP contribution in [0.5, 0.6) is 5.75 Å². The molecule has 2 rings (SSSR count). The zero-order valence-electron chi connectivity index (χ0n) is 11.3. The van der Waals surface area contributed by atoms with Crippen LogP contribution in [0.2, 0.25) is 0 Å². The number of alkyl halides is 1. The maximum absolute atomic E-state index is 11.8. The Morgan fingerprint density at radius 3 is 2.79 bits per heavy atom. The van der Waals surface area contributed by atoms with Crippen LogP contribution in [-0.4, -0.2) is 19.7 Å². The van der Waals surface area contributed by atoms with E-state index in [4.69, 9.17) is 9.47 Å². The first-order valence-corrected chi connectivity index (χ1v) is 7.54. The van der Waals surface area contributed by atoms with Gasteiger partial charge in [-0.15, -0.1) is 0 Å². The molecule has 1 atom stereocenters. The quantitative estimate of drug-likeness (QED) is 0.591. The first kappa shape index (κ1) is 14.4. The van der Waals surface area contributed by atoms with E-state index in [0.29, 0.717) is 6.61 Å². The Labute approximate surface area is 122 Å². The monoisotopic (exact) mass is 326 g/mol. The number of carbonyl (C=O) groups is 1. The minimum absolute atomic E-state index is 0.274. The van der Waals surface area contributed by atoms with Crippen molar-refractivity contribution < 1.29 is 14.3 Å². The van der Waals surface area contributed by atoms with Crippen LogP contribution in [0.3, 0.4) is 0 Å². The van der Waals surface area contributed by atoms with E-state index in [2.05, 4.69) is 22.0 Å². The van der Waals surface area contributed by atoms with E-state index in [1.807, 2.05) is 12.1 Å². The van der Waals surface area contributed by atoms with Gasteiger partial charge >= 0.3 is 5.97 Å². The van der Waals surface area contributed by atoms with Crippen LogP contribution in [0.1, 0.15) is 35.7 Å². The van der Waals surface area contributed by atoms with Gasteiger partial charge in [-0.25, -0.2) is 0 Å². The molecule has 1 aromatic rings. The van der Waals surface area contributed by atoms with Gasteiger partial charge in [-0.05, 0) is 43.7 Å². The average molecular weight is 327 g/mol. The lowest BCUT2D eigenvalue weighted by Crippen LogP contribution is -2.12. The summed E-state index contributed by atoms with van der Waals surface area (Å²) in [5.41, 5.74) is 2.10. The molecular weight excluding hydrogens is 308 g/mol. The maximum atomic E-state index is 11.8. The highest BCUT2D eigenvalue weighted by Crippen LogP contribution is 2.36. The van der Waals surface area contributed by atoms with Gasteiger partial charge in [0, 0.05) is 5.56 Å². The number of methoxy groups -OCH3 is 1. The standard InChI is InChI=1S/C15H19BrO3/c1-3-19-15(17)14(16)12-9-11(8-10-4-5-10)6-7-13(12)18-2/h6-7,9-10,14H,3-5,8H2,1-2H3. The Balaban J connectivity index is 2.21. The first-order valence-electron chi connectivity index (χ1n) is 6.63. The summed E-state index contributed by atoms with van der Waals surface area (Å²) >= 11 is 3.41. The summed E-state index contributed by atoms with van der Waals surface area (Å²) in [5.74, 6) is 1.26. The number of esters is 1. The van der Waals surface area contributed by atoms with E-state index >= 15 is 0 Å². The highest BCUT2D eigenvalue weighted by atomic mass is 79.9. The Hall–Kier alpha value is -1.03. The van der Waals surface area contributed by atoms with Gasteiger partial charge in [0.15, 0.2) is 0 Å². The molecule has 1 saturated carbocycles. The predicted octanol–water partition coefficient (Wildman–Crippen LogP) is 3.65. The van der Waals surface area contributed by atoms with Crippen LogP contribution >= 0.6 is 15.9 Å². The largest absolute Gasteiger partial charge is 0.496 e. The lowest BCUT2D eigenvalue weighted by Gasteiger charge is -2.15. The summed E-state index contributed by atoms with van der Waals surface area (Å²) in [6.07, 6.45) is 3.72. The molecule has 4 heteroatoms. The minimum Gasteiger partial charge on any atom is -0.496 e. The van der Waals surface area contributed by atoms with Gasteiger partial charge in [-0.2, -0.15) is 0 Å². The fourth-order valence-corrected chi connectivity index (χ4v) is 2.60. The molecule has 3 nitrogen and oxygen atoms in total. The third-order valence-corrected chi connectivity index (χ3v) is 4.15. The topological polar surface area (TPSA) is 35.5 Å². The molecule has 0 bridgehead atoms. The van der Waals surface area contributed by atoms with Crippen LogP contribution in [0, 0.1) is 5.92 Å². The number of hydrogen-bond acceptors (Lipinski definition) is 3. The van der Waals surface area contributed by atoms with Crippen LogP contribution < -0.4 is 4.74 Å². The van der Waals surface area contributed by atoms with Crippen molar-refractivity contribution in [1.29, 1.82) is 0 Å². The molecule has 19 heavy (non-hydrogen) atoms. The minimum atomic E-state index is -0.471. The first-order chi connectivity index (χ1) is 9.15. The molecule has 0 aromatic heterocycles. The third-order valence-electron chi connectivity index (χ3n) is 3.28. The number of ether oxygens (including phenoxy) is 2. The Morgan fingerprint density at radius 2 is 2.21 bits per heavy atom. The van der Waals surface area contributed by atoms with Gasteiger partial charge in [-0.3, -0.25) is 4.79 Å². The summed E-state index contributed by atoms with van der Waals surface area (Å²) in [6, 6.07) is 6.06. The molecule has 0 amide bonds. The molecule has 104 valence electrons. The zero-order chi connectivity index (χ0) is 13.8. The molecule has 0 N–H and O–H groups in total. The molecular formula is C15H19BrO3. The van der Waals surface area contributed by atoms with Crippen LogP contribution in [0.15, 0.2) is 18.2 Å². The predicted molar refractivity (Wildman–Crippen MR) is 77.7 cm³/mol. The number of carbonyl (C=O) groups excluding carboxylic acids is 1. The van der Waals surface area contributed by atoms with Crippen molar-refractivity contribution in [1.82, 2.24) is 0 Å². The number of benzene rings is 1. The normalized spacial score (nSPS) is 15.9. The van der Waals surface area contributed by atoms with E-state index < -0.39 is 4.83 Å². The summed E-state index contributed by atoms with van der Waals surface area (Å²) in [7, 11) is 1.62. The molecule has 0 spiro atoms. The van der Waals surface area contributed by atoms with Crippen LogP contribution in [0.4, 0.5) is 0 Å². The third kappa shape index (κ3) is 3.72. The smallest absolute Gasteiger partial charge is 0.324 e. The average Bonchev–Trinajstić information content (AvgIpc) is 3.22. The van der Waals surface area contributed by atoms with E-state index in [-0.39, 0.29) is 5.97 Å². The fourth-order valence-electron chi connectivity index (χ4n) is 2.11. The van der Waals surface area contributed by atoms with Crippen molar-refractivity contribution in [2.24, 2.45) is 5.92 Å². The van der Waals surface area contributed by atoms with Crippen molar-refractivity contribution in [3.05, 3.63) is 29.3 Å². The van der Waals surface area contributed by atoms with E-state index in [0.717, 1.165) is 23.7 Å². The Morgan fingerprint density at radius 1 is 1.47 bits per heavy atom. The lowest BCUT2D eigenvalue weighted by atomic mass is 10.0. The van der Waals surface area contributed by atoms with Gasteiger partial charge in [0.25, 0.3) is 0 Å². The second-order valence-electron chi connectivity index (χ2n) is 4.84. The molecule has 1 aliphatic carbocycles. The maximum Gasteiger partial charge on any atom is 0.324 e. The van der Waals surface area contributed by atoms with Crippen molar-refractivity contribution in [2.45, 2.75) is 31.0 Å². The van der Waals surface area contributed by atoms with Crippen LogP contribution in [-0.2, 0) is 16.0 Å². The second kappa shape index (κ2) is 6.42. The number of rotatable bonds is 6. The second-order valence-corrected chi connectivity index (χ2v) is 5.75. The molecule has 0 aliphatic heterocycles. The van der Waals surface area contributed by atoms with Gasteiger partial charge < -0.3 is 9.47 Å². The number of hydrogen-bond donors (Lipinski definition) is 0. The molecule has 1 aromatic carbocycles. The van der Waals surface area contributed by atoms with Crippen molar-refractivity contribution in [2.75, 3.05) is 13.7 Å². The Kier molecular flexibility index (Phi) is 4.86. The SMILES string of the molecule is CCOC(=O)C(Br)c1cc(CC2CC2)ccc1OC. The number of halogens is 1. The van der Waals surface area contributed by atoms with Crippen molar-refractivity contribution >= 4 is 21.9 Å². The van der Waals surface area contributed by atoms with E-state index in [1.165, 1.54) is 18.4 Å². The summed E-state index contributed by atoms with van der Waals surface area (Å²) < 4.78 is 10.4. The molecule has 1 unspecified atom stereocenters.